The normalized spacial score (nSPS) is 10.9. The lowest BCUT2D eigenvalue weighted by molar-refractivity contribution is -0.138. The van der Waals surface area contributed by atoms with Crippen LogP contribution in [0.15, 0.2) is 78.9 Å². The fourth-order valence-corrected chi connectivity index (χ4v) is 2.45. The van der Waals surface area contributed by atoms with Crippen molar-refractivity contribution in [2.75, 3.05) is 5.32 Å². The van der Waals surface area contributed by atoms with Crippen LogP contribution in [0.2, 0.25) is 0 Å². The van der Waals surface area contributed by atoms with Crippen LogP contribution in [0.25, 0.3) is 0 Å². The first kappa shape index (κ1) is 19.9. The average molecular weight is 400 g/mol. The van der Waals surface area contributed by atoms with Crippen molar-refractivity contribution in [3.63, 3.8) is 0 Å². The third kappa shape index (κ3) is 5.35. The number of carbonyl (C=O) groups excluding carboxylic acids is 2. The van der Waals surface area contributed by atoms with E-state index in [0.29, 0.717) is 11.3 Å². The van der Waals surface area contributed by atoms with Crippen LogP contribution in [-0.2, 0) is 6.18 Å². The van der Waals surface area contributed by atoms with Gasteiger partial charge in [0.15, 0.2) is 0 Å². The van der Waals surface area contributed by atoms with Gasteiger partial charge in [0, 0.05) is 11.3 Å². The van der Waals surface area contributed by atoms with Crippen LogP contribution in [0, 0.1) is 0 Å². The van der Waals surface area contributed by atoms with Gasteiger partial charge in [0.1, 0.15) is 11.5 Å². The molecule has 3 rings (SSSR count). The van der Waals surface area contributed by atoms with Crippen molar-refractivity contribution in [3.05, 3.63) is 90.0 Å². The molecule has 0 aliphatic carbocycles. The molecule has 0 radical (unpaired) electrons. The lowest BCUT2D eigenvalue weighted by Gasteiger charge is -2.13. The minimum absolute atomic E-state index is 0.160. The van der Waals surface area contributed by atoms with Crippen LogP contribution in [-0.4, -0.2) is 11.9 Å². The Hall–Kier alpha value is -3.81. The Morgan fingerprint density at radius 1 is 0.793 bits per heavy atom. The van der Waals surface area contributed by atoms with Crippen molar-refractivity contribution in [3.8, 4) is 11.5 Å². The van der Waals surface area contributed by atoms with Crippen molar-refractivity contribution >= 4 is 17.6 Å². The molecule has 0 bridgehead atoms. The number of hydrogen-bond acceptors (Lipinski definition) is 3. The number of hydrogen-bond donors (Lipinski definition) is 2. The van der Waals surface area contributed by atoms with Gasteiger partial charge < -0.3 is 10.1 Å². The lowest BCUT2D eigenvalue weighted by Crippen LogP contribution is -2.34. The number of nitrogens with one attached hydrogen (secondary N) is 2. The molecule has 8 heteroatoms. The average Bonchev–Trinajstić information content (AvgIpc) is 2.69. The van der Waals surface area contributed by atoms with E-state index in [1.807, 2.05) is 0 Å². The first-order valence-electron chi connectivity index (χ1n) is 8.44. The summed E-state index contributed by atoms with van der Waals surface area (Å²) in [6.07, 6.45) is -4.54. The smallest absolute Gasteiger partial charge is 0.419 e. The van der Waals surface area contributed by atoms with Gasteiger partial charge in [-0.2, -0.15) is 13.2 Å². The summed E-state index contributed by atoms with van der Waals surface area (Å²) >= 11 is 0. The number of carbonyl (C=O) groups is 2. The summed E-state index contributed by atoms with van der Waals surface area (Å²) in [5, 5.41) is 4.64. The molecule has 0 spiro atoms. The third-order valence-corrected chi connectivity index (χ3v) is 3.80. The van der Waals surface area contributed by atoms with Crippen LogP contribution in [0.1, 0.15) is 15.9 Å². The van der Waals surface area contributed by atoms with E-state index in [1.165, 1.54) is 42.5 Å². The summed E-state index contributed by atoms with van der Waals surface area (Å²) in [5.74, 6) is -0.730. The van der Waals surface area contributed by atoms with Gasteiger partial charge in [-0.05, 0) is 48.5 Å². The molecule has 0 saturated carbocycles. The van der Waals surface area contributed by atoms with Crippen molar-refractivity contribution in [2.45, 2.75) is 6.18 Å². The molecule has 5 nitrogen and oxygen atoms in total. The summed E-state index contributed by atoms with van der Waals surface area (Å²) in [5.41, 5.74) is -0.226. The first-order chi connectivity index (χ1) is 13.8. The van der Waals surface area contributed by atoms with Crippen LogP contribution >= 0.6 is 0 Å². The molecule has 0 unspecified atom stereocenters. The topological polar surface area (TPSA) is 67.4 Å². The van der Waals surface area contributed by atoms with E-state index < -0.39 is 23.7 Å². The maximum absolute atomic E-state index is 13.0. The Labute approximate surface area is 164 Å². The van der Waals surface area contributed by atoms with Crippen LogP contribution in [0.5, 0.6) is 11.5 Å². The molecule has 148 valence electrons. The second-order valence-corrected chi connectivity index (χ2v) is 5.89. The highest BCUT2D eigenvalue weighted by Gasteiger charge is 2.34. The van der Waals surface area contributed by atoms with Gasteiger partial charge in [-0.3, -0.25) is 10.1 Å². The Morgan fingerprint density at radius 2 is 1.41 bits per heavy atom. The molecular formula is C21H15F3N2O3. The molecule has 2 N–H and O–H groups in total. The van der Waals surface area contributed by atoms with Gasteiger partial charge >= 0.3 is 12.2 Å². The number of halogens is 3. The van der Waals surface area contributed by atoms with Crippen molar-refractivity contribution < 1.29 is 27.5 Å². The minimum Gasteiger partial charge on any atom is -0.457 e. The van der Waals surface area contributed by atoms with Gasteiger partial charge in [0.05, 0.1) is 5.56 Å². The molecule has 29 heavy (non-hydrogen) atoms. The standard InChI is InChI=1S/C21H15F3N2O3/c22-21(23,24)17-8-4-5-9-18(17)29-16-12-10-15(11-13-16)25-20(28)26-19(27)14-6-2-1-3-7-14/h1-13H,(H2,25,26,27,28). The predicted octanol–water partition coefficient (Wildman–Crippen LogP) is 5.46. The molecule has 0 aliphatic heterocycles. The van der Waals surface area contributed by atoms with E-state index in [2.05, 4.69) is 10.6 Å². The number of rotatable bonds is 4. The highest BCUT2D eigenvalue weighted by Crippen LogP contribution is 2.37. The predicted molar refractivity (Wildman–Crippen MR) is 101 cm³/mol. The molecule has 3 amide bonds. The summed E-state index contributed by atoms with van der Waals surface area (Å²) in [6.45, 7) is 0. The third-order valence-electron chi connectivity index (χ3n) is 3.80. The molecule has 0 aromatic heterocycles. The van der Waals surface area contributed by atoms with Crippen molar-refractivity contribution in [2.24, 2.45) is 0 Å². The number of benzene rings is 3. The highest BCUT2D eigenvalue weighted by molar-refractivity contribution is 6.07. The Kier molecular flexibility index (Phi) is 5.82. The number of urea groups is 1. The van der Waals surface area contributed by atoms with Crippen LogP contribution < -0.4 is 15.4 Å². The van der Waals surface area contributed by atoms with Crippen LogP contribution in [0.3, 0.4) is 0 Å². The zero-order valence-corrected chi connectivity index (χ0v) is 14.9. The van der Waals surface area contributed by atoms with Gasteiger partial charge in [-0.15, -0.1) is 0 Å². The minimum atomic E-state index is -4.54. The van der Waals surface area contributed by atoms with E-state index in [0.717, 1.165) is 6.07 Å². The lowest BCUT2D eigenvalue weighted by atomic mass is 10.2. The first-order valence-corrected chi connectivity index (χ1v) is 8.44. The zero-order valence-electron chi connectivity index (χ0n) is 14.9. The SMILES string of the molecule is O=C(NC(=O)c1ccccc1)Nc1ccc(Oc2ccccc2C(F)(F)F)cc1. The number of ether oxygens (including phenoxy) is 1. The van der Waals surface area contributed by atoms with E-state index in [-0.39, 0.29) is 11.5 Å². The molecule has 0 atom stereocenters. The molecular weight excluding hydrogens is 385 g/mol. The summed E-state index contributed by atoms with van der Waals surface area (Å²) in [6, 6.07) is 18.0. The Bertz CT molecular complexity index is 1000. The maximum atomic E-state index is 13.0. The molecule has 0 heterocycles. The van der Waals surface area contributed by atoms with E-state index in [1.54, 1.807) is 30.3 Å². The fourth-order valence-electron chi connectivity index (χ4n) is 2.45. The number of anilines is 1. The Balaban J connectivity index is 1.62. The fraction of sp³-hybridized carbons (Fsp3) is 0.0476. The zero-order chi connectivity index (χ0) is 20.9. The quantitative estimate of drug-likeness (QED) is 0.611. The second kappa shape index (κ2) is 8.47. The summed E-state index contributed by atoms with van der Waals surface area (Å²) in [7, 11) is 0. The summed E-state index contributed by atoms with van der Waals surface area (Å²) < 4.78 is 44.4. The number of amides is 3. The number of imide groups is 1. The highest BCUT2D eigenvalue weighted by atomic mass is 19.4. The van der Waals surface area contributed by atoms with Gasteiger partial charge in [0.25, 0.3) is 5.91 Å². The van der Waals surface area contributed by atoms with Crippen LogP contribution in [0.4, 0.5) is 23.7 Å². The molecule has 3 aromatic carbocycles. The Morgan fingerprint density at radius 3 is 2.07 bits per heavy atom. The molecule has 3 aromatic rings. The monoisotopic (exact) mass is 400 g/mol. The van der Waals surface area contributed by atoms with Gasteiger partial charge in [-0.1, -0.05) is 30.3 Å². The molecule has 0 saturated heterocycles. The summed E-state index contributed by atoms with van der Waals surface area (Å²) in [4.78, 5) is 23.9. The second-order valence-electron chi connectivity index (χ2n) is 5.89. The number of alkyl halides is 3. The largest absolute Gasteiger partial charge is 0.457 e. The van der Waals surface area contributed by atoms with E-state index in [9.17, 15) is 22.8 Å². The number of para-hydroxylation sites is 1. The molecule has 0 aliphatic rings. The van der Waals surface area contributed by atoms with E-state index >= 15 is 0 Å². The van der Waals surface area contributed by atoms with Crippen molar-refractivity contribution in [1.29, 1.82) is 0 Å². The van der Waals surface area contributed by atoms with E-state index in [4.69, 9.17) is 4.74 Å². The van der Waals surface area contributed by atoms with Gasteiger partial charge in [0.2, 0.25) is 0 Å². The van der Waals surface area contributed by atoms with Gasteiger partial charge in [-0.25, -0.2) is 4.79 Å². The van der Waals surface area contributed by atoms with Crippen molar-refractivity contribution in [1.82, 2.24) is 5.32 Å². The maximum Gasteiger partial charge on any atom is 0.419 e. The molecule has 0 fully saturated rings.